The van der Waals surface area contributed by atoms with E-state index in [1.54, 1.807) is 6.08 Å². The van der Waals surface area contributed by atoms with Crippen molar-refractivity contribution in [1.82, 2.24) is 0 Å². The van der Waals surface area contributed by atoms with Gasteiger partial charge in [0.25, 0.3) is 0 Å². The van der Waals surface area contributed by atoms with Crippen LogP contribution < -0.4 is 0 Å². The van der Waals surface area contributed by atoms with Gasteiger partial charge in [0.1, 0.15) is 0 Å². The Morgan fingerprint density at radius 3 is 2.75 bits per heavy atom. The standard InChI is InChI=1S/C21H30O3/c1-14-7-6-8-17-13-16(3)20(15(2)11-12-22)18(21(14)17)9-4-5-10-19(23)24/h4-5,9-11,13-14,17-18,20-22H,6-8,12H2,1-3H3,(H,23,24)/b9-4+,10-5+,15-11+/t14-,17-,18+,20+,21+/m0/s1. The zero-order valence-electron chi connectivity index (χ0n) is 15.0. The van der Waals surface area contributed by atoms with Crippen LogP contribution in [0.15, 0.2) is 47.6 Å². The van der Waals surface area contributed by atoms with Crippen molar-refractivity contribution in [3.63, 3.8) is 0 Å². The summed E-state index contributed by atoms with van der Waals surface area (Å²) in [4.78, 5) is 10.7. The first-order chi connectivity index (χ1) is 11.5. The fourth-order valence-corrected chi connectivity index (χ4v) is 4.81. The van der Waals surface area contributed by atoms with E-state index in [1.807, 2.05) is 12.2 Å². The second kappa shape index (κ2) is 8.48. The van der Waals surface area contributed by atoms with Crippen molar-refractivity contribution in [2.45, 2.75) is 40.0 Å². The van der Waals surface area contributed by atoms with Gasteiger partial charge in [0, 0.05) is 12.0 Å². The normalized spacial score (nSPS) is 34.4. The van der Waals surface area contributed by atoms with Crippen molar-refractivity contribution in [2.24, 2.45) is 29.6 Å². The molecule has 0 bridgehead atoms. The van der Waals surface area contributed by atoms with E-state index in [0.717, 1.165) is 0 Å². The lowest BCUT2D eigenvalue weighted by molar-refractivity contribution is -0.131. The van der Waals surface area contributed by atoms with Gasteiger partial charge in [-0.1, -0.05) is 61.3 Å². The lowest BCUT2D eigenvalue weighted by Gasteiger charge is -2.47. The van der Waals surface area contributed by atoms with Crippen LogP contribution in [0.25, 0.3) is 0 Å². The van der Waals surface area contributed by atoms with Gasteiger partial charge in [-0.05, 0) is 43.9 Å². The molecule has 3 nitrogen and oxygen atoms in total. The Morgan fingerprint density at radius 2 is 2.08 bits per heavy atom. The second-order valence-electron chi connectivity index (χ2n) is 7.33. The van der Waals surface area contributed by atoms with E-state index < -0.39 is 5.97 Å². The Labute approximate surface area is 145 Å². The number of hydrogen-bond acceptors (Lipinski definition) is 2. The molecule has 132 valence electrons. The van der Waals surface area contributed by atoms with Crippen molar-refractivity contribution in [3.05, 3.63) is 47.6 Å². The van der Waals surface area contributed by atoms with Gasteiger partial charge in [0.2, 0.25) is 0 Å². The number of aliphatic hydroxyl groups excluding tert-OH is 1. The van der Waals surface area contributed by atoms with Crippen molar-refractivity contribution in [2.75, 3.05) is 6.61 Å². The molecule has 0 unspecified atom stereocenters. The Kier molecular flexibility index (Phi) is 6.61. The monoisotopic (exact) mass is 330 g/mol. The zero-order valence-corrected chi connectivity index (χ0v) is 15.0. The third-order valence-electron chi connectivity index (χ3n) is 5.73. The predicted octanol–water partition coefficient (Wildman–Crippen LogP) is 4.37. The van der Waals surface area contributed by atoms with Gasteiger partial charge in [-0.15, -0.1) is 0 Å². The topological polar surface area (TPSA) is 57.5 Å². The minimum Gasteiger partial charge on any atom is -0.478 e. The van der Waals surface area contributed by atoms with Crippen LogP contribution in [0.2, 0.25) is 0 Å². The van der Waals surface area contributed by atoms with Crippen LogP contribution in [0.5, 0.6) is 0 Å². The third kappa shape index (κ3) is 4.27. The van der Waals surface area contributed by atoms with Crippen LogP contribution in [0.1, 0.15) is 40.0 Å². The smallest absolute Gasteiger partial charge is 0.328 e. The molecule has 0 aromatic carbocycles. The highest BCUT2D eigenvalue weighted by atomic mass is 16.4. The van der Waals surface area contributed by atoms with Crippen molar-refractivity contribution < 1.29 is 15.0 Å². The number of fused-ring (bicyclic) bond motifs is 1. The molecule has 0 aromatic rings. The molecule has 0 amide bonds. The molecule has 0 aromatic heterocycles. The molecule has 0 saturated heterocycles. The van der Waals surface area contributed by atoms with Gasteiger partial charge in [-0.3, -0.25) is 0 Å². The summed E-state index contributed by atoms with van der Waals surface area (Å²) in [6.07, 6.45) is 15.0. The lowest BCUT2D eigenvalue weighted by atomic mass is 9.58. The number of aliphatic hydroxyl groups is 1. The Balaban J connectivity index is 2.37. The van der Waals surface area contributed by atoms with Gasteiger partial charge < -0.3 is 10.2 Å². The Hall–Kier alpha value is -1.61. The summed E-state index contributed by atoms with van der Waals surface area (Å²) in [5, 5.41) is 18.1. The van der Waals surface area contributed by atoms with Crippen LogP contribution in [0.4, 0.5) is 0 Å². The average Bonchev–Trinajstić information content (AvgIpc) is 2.51. The fourth-order valence-electron chi connectivity index (χ4n) is 4.81. The highest BCUT2D eigenvalue weighted by Gasteiger charge is 2.42. The minimum absolute atomic E-state index is 0.0641. The minimum atomic E-state index is -0.920. The summed E-state index contributed by atoms with van der Waals surface area (Å²) in [5.74, 6) is 1.60. The van der Waals surface area contributed by atoms with E-state index in [4.69, 9.17) is 5.11 Å². The molecule has 2 N–H and O–H groups in total. The molecule has 5 atom stereocenters. The van der Waals surface area contributed by atoms with E-state index in [0.29, 0.717) is 29.6 Å². The lowest BCUT2D eigenvalue weighted by Crippen LogP contribution is -2.39. The van der Waals surface area contributed by atoms with E-state index in [1.165, 1.54) is 36.5 Å². The first-order valence-corrected chi connectivity index (χ1v) is 8.99. The number of allylic oxidation sites excluding steroid dienone is 6. The number of hydrogen-bond donors (Lipinski definition) is 2. The molecule has 24 heavy (non-hydrogen) atoms. The second-order valence-corrected chi connectivity index (χ2v) is 7.33. The number of rotatable bonds is 5. The molecule has 1 fully saturated rings. The molecule has 0 heterocycles. The van der Waals surface area contributed by atoms with Crippen molar-refractivity contribution >= 4 is 5.97 Å². The molecule has 0 spiro atoms. The highest BCUT2D eigenvalue weighted by molar-refractivity contribution is 5.80. The van der Waals surface area contributed by atoms with Crippen molar-refractivity contribution in [3.8, 4) is 0 Å². The van der Waals surface area contributed by atoms with Crippen LogP contribution in [-0.2, 0) is 4.79 Å². The van der Waals surface area contributed by atoms with Gasteiger partial charge >= 0.3 is 5.97 Å². The highest BCUT2D eigenvalue weighted by Crippen LogP contribution is 2.50. The maximum Gasteiger partial charge on any atom is 0.328 e. The first-order valence-electron chi connectivity index (χ1n) is 8.99. The molecule has 0 radical (unpaired) electrons. The van der Waals surface area contributed by atoms with Crippen LogP contribution in [0, 0.1) is 29.6 Å². The van der Waals surface area contributed by atoms with E-state index >= 15 is 0 Å². The molecule has 2 rings (SSSR count). The maximum atomic E-state index is 10.7. The van der Waals surface area contributed by atoms with Crippen LogP contribution in [0.3, 0.4) is 0 Å². The number of carbonyl (C=O) groups is 1. The molecule has 1 saturated carbocycles. The van der Waals surface area contributed by atoms with E-state index in [2.05, 4.69) is 32.9 Å². The number of carboxylic acid groups (broad SMARTS) is 1. The van der Waals surface area contributed by atoms with Crippen LogP contribution in [-0.4, -0.2) is 22.8 Å². The molecular weight excluding hydrogens is 300 g/mol. The Bertz CT molecular complexity index is 568. The fraction of sp³-hybridized carbons (Fsp3) is 0.571. The zero-order chi connectivity index (χ0) is 17.7. The van der Waals surface area contributed by atoms with Crippen LogP contribution >= 0.6 is 0 Å². The van der Waals surface area contributed by atoms with Gasteiger partial charge in [-0.25, -0.2) is 4.79 Å². The molecular formula is C21H30O3. The maximum absolute atomic E-state index is 10.7. The average molecular weight is 330 g/mol. The summed E-state index contributed by atoms with van der Waals surface area (Å²) >= 11 is 0. The Morgan fingerprint density at radius 1 is 1.33 bits per heavy atom. The summed E-state index contributed by atoms with van der Waals surface area (Å²) in [6.45, 7) is 6.71. The van der Waals surface area contributed by atoms with Crippen molar-refractivity contribution in [1.29, 1.82) is 0 Å². The summed E-state index contributed by atoms with van der Waals surface area (Å²) in [5.41, 5.74) is 2.59. The van der Waals surface area contributed by atoms with Gasteiger partial charge in [0.05, 0.1) is 6.61 Å². The molecule has 0 aliphatic heterocycles. The molecule has 2 aliphatic rings. The number of carboxylic acids is 1. The summed E-state index contributed by atoms with van der Waals surface area (Å²) < 4.78 is 0. The van der Waals surface area contributed by atoms with E-state index in [9.17, 15) is 9.90 Å². The number of aliphatic carboxylic acids is 1. The third-order valence-corrected chi connectivity index (χ3v) is 5.73. The molecule has 2 aliphatic carbocycles. The summed E-state index contributed by atoms with van der Waals surface area (Å²) in [7, 11) is 0. The quantitative estimate of drug-likeness (QED) is 0.447. The summed E-state index contributed by atoms with van der Waals surface area (Å²) in [6, 6.07) is 0. The van der Waals surface area contributed by atoms with Gasteiger partial charge in [0.15, 0.2) is 0 Å². The predicted molar refractivity (Wildman–Crippen MR) is 97.5 cm³/mol. The molecule has 3 heteroatoms. The largest absolute Gasteiger partial charge is 0.478 e. The van der Waals surface area contributed by atoms with E-state index in [-0.39, 0.29) is 6.61 Å². The first kappa shape index (κ1) is 18.7. The van der Waals surface area contributed by atoms with Gasteiger partial charge in [-0.2, -0.15) is 0 Å². The SMILES string of the molecule is CC1=C[C@@H]2CCC[C@H](C)[C@H]2[C@H](/C=C/C=C/C(=O)O)[C@@H]1/C(C)=C/CO.